The van der Waals surface area contributed by atoms with E-state index in [1.54, 1.807) is 0 Å². The standard InChI is InChI=1S/C13H21N3.BrH/c1-4-10(2)16(3)13-6-5-11-9-14-8-7-12(11)15-13;/h5-6,10,14H,4,7-9H2,1-3H3;1H/t10-;/m1./s1. The lowest BCUT2D eigenvalue weighted by atomic mass is 10.1. The van der Waals surface area contributed by atoms with Gasteiger partial charge in [-0.1, -0.05) is 13.0 Å². The molecule has 96 valence electrons. The number of nitrogens with zero attached hydrogens (tertiary/aromatic N) is 2. The largest absolute Gasteiger partial charge is 0.357 e. The minimum absolute atomic E-state index is 0. The monoisotopic (exact) mass is 299 g/mol. The van der Waals surface area contributed by atoms with Crippen LogP contribution in [-0.2, 0) is 13.0 Å². The van der Waals surface area contributed by atoms with Crippen molar-refractivity contribution in [2.75, 3.05) is 18.5 Å². The molecule has 1 aromatic rings. The quantitative estimate of drug-likeness (QED) is 0.930. The zero-order chi connectivity index (χ0) is 11.5. The van der Waals surface area contributed by atoms with Crippen molar-refractivity contribution in [1.82, 2.24) is 10.3 Å². The van der Waals surface area contributed by atoms with E-state index in [-0.39, 0.29) is 17.0 Å². The fourth-order valence-corrected chi connectivity index (χ4v) is 2.02. The third kappa shape index (κ3) is 3.19. The first-order valence-electron chi connectivity index (χ1n) is 6.14. The van der Waals surface area contributed by atoms with Crippen LogP contribution < -0.4 is 10.2 Å². The molecule has 0 amide bonds. The molecule has 0 spiro atoms. The van der Waals surface area contributed by atoms with E-state index in [0.29, 0.717) is 6.04 Å². The van der Waals surface area contributed by atoms with Gasteiger partial charge >= 0.3 is 0 Å². The van der Waals surface area contributed by atoms with Crippen molar-refractivity contribution in [3.8, 4) is 0 Å². The highest BCUT2D eigenvalue weighted by atomic mass is 79.9. The van der Waals surface area contributed by atoms with Crippen molar-refractivity contribution in [2.45, 2.75) is 39.3 Å². The summed E-state index contributed by atoms with van der Waals surface area (Å²) in [6, 6.07) is 4.90. The highest BCUT2D eigenvalue weighted by Gasteiger charge is 2.14. The lowest BCUT2D eigenvalue weighted by molar-refractivity contribution is 0.621. The van der Waals surface area contributed by atoms with Gasteiger partial charge in [-0.3, -0.25) is 0 Å². The zero-order valence-electron chi connectivity index (χ0n) is 10.9. The second-order valence-electron chi connectivity index (χ2n) is 4.57. The van der Waals surface area contributed by atoms with Gasteiger partial charge in [0.25, 0.3) is 0 Å². The van der Waals surface area contributed by atoms with Crippen molar-refractivity contribution in [2.24, 2.45) is 0 Å². The number of nitrogens with one attached hydrogen (secondary N) is 1. The van der Waals surface area contributed by atoms with Gasteiger partial charge in [0.1, 0.15) is 5.82 Å². The van der Waals surface area contributed by atoms with Crippen LogP contribution in [0.3, 0.4) is 0 Å². The first kappa shape index (κ1) is 14.5. The Bertz CT molecular complexity index is 368. The summed E-state index contributed by atoms with van der Waals surface area (Å²) < 4.78 is 0. The van der Waals surface area contributed by atoms with E-state index in [2.05, 4.69) is 43.2 Å². The van der Waals surface area contributed by atoms with Crippen molar-refractivity contribution in [3.63, 3.8) is 0 Å². The molecule has 0 radical (unpaired) electrons. The Morgan fingerprint density at radius 1 is 1.47 bits per heavy atom. The third-order valence-corrected chi connectivity index (χ3v) is 3.52. The smallest absolute Gasteiger partial charge is 0.128 e. The topological polar surface area (TPSA) is 28.2 Å². The summed E-state index contributed by atoms with van der Waals surface area (Å²) in [4.78, 5) is 7.03. The van der Waals surface area contributed by atoms with Gasteiger partial charge in [0.15, 0.2) is 0 Å². The molecule has 1 N–H and O–H groups in total. The zero-order valence-corrected chi connectivity index (χ0v) is 12.6. The van der Waals surface area contributed by atoms with Crippen LogP contribution in [0, 0.1) is 0 Å². The average molecular weight is 300 g/mol. The molecule has 1 aliphatic rings. The minimum Gasteiger partial charge on any atom is -0.357 e. The number of hydrogen-bond acceptors (Lipinski definition) is 3. The molecule has 3 nitrogen and oxygen atoms in total. The summed E-state index contributed by atoms with van der Waals surface area (Å²) in [7, 11) is 2.13. The molecule has 1 aromatic heterocycles. The third-order valence-electron chi connectivity index (χ3n) is 3.52. The summed E-state index contributed by atoms with van der Waals surface area (Å²) in [5, 5.41) is 3.37. The van der Waals surface area contributed by atoms with Crippen LogP contribution in [0.4, 0.5) is 5.82 Å². The van der Waals surface area contributed by atoms with E-state index in [1.807, 2.05) is 0 Å². The number of fused-ring (bicyclic) bond motifs is 1. The number of halogens is 1. The number of anilines is 1. The van der Waals surface area contributed by atoms with Crippen LogP contribution in [0.2, 0.25) is 0 Å². The van der Waals surface area contributed by atoms with Gasteiger partial charge in [0.2, 0.25) is 0 Å². The van der Waals surface area contributed by atoms with Crippen molar-refractivity contribution >= 4 is 22.8 Å². The van der Waals surface area contributed by atoms with E-state index in [1.165, 1.54) is 11.3 Å². The highest BCUT2D eigenvalue weighted by Crippen LogP contribution is 2.19. The molecule has 0 unspecified atom stereocenters. The van der Waals surface area contributed by atoms with E-state index in [9.17, 15) is 0 Å². The van der Waals surface area contributed by atoms with Crippen LogP contribution in [0.25, 0.3) is 0 Å². The molecular weight excluding hydrogens is 278 g/mol. The molecular formula is C13H22BrN3. The van der Waals surface area contributed by atoms with E-state index in [4.69, 9.17) is 4.98 Å². The van der Waals surface area contributed by atoms with E-state index >= 15 is 0 Å². The molecule has 0 aliphatic carbocycles. The number of pyridine rings is 1. The van der Waals surface area contributed by atoms with Gasteiger partial charge in [0.05, 0.1) is 0 Å². The maximum absolute atomic E-state index is 4.77. The normalized spacial score (nSPS) is 15.7. The van der Waals surface area contributed by atoms with Gasteiger partial charge in [-0.2, -0.15) is 0 Å². The maximum atomic E-state index is 4.77. The molecule has 2 heterocycles. The Morgan fingerprint density at radius 3 is 2.94 bits per heavy atom. The van der Waals surface area contributed by atoms with Crippen LogP contribution >= 0.6 is 17.0 Å². The number of rotatable bonds is 3. The Balaban J connectivity index is 0.00000144. The van der Waals surface area contributed by atoms with Crippen LogP contribution in [-0.4, -0.2) is 24.6 Å². The Hall–Kier alpha value is -0.610. The molecule has 2 rings (SSSR count). The second-order valence-corrected chi connectivity index (χ2v) is 4.57. The van der Waals surface area contributed by atoms with Gasteiger partial charge in [0, 0.05) is 38.3 Å². The molecule has 1 atom stereocenters. The van der Waals surface area contributed by atoms with Crippen LogP contribution in [0.1, 0.15) is 31.5 Å². The van der Waals surface area contributed by atoms with Crippen molar-refractivity contribution < 1.29 is 0 Å². The van der Waals surface area contributed by atoms with Crippen molar-refractivity contribution in [1.29, 1.82) is 0 Å². The minimum atomic E-state index is 0. The molecule has 0 bridgehead atoms. The summed E-state index contributed by atoms with van der Waals surface area (Å²) >= 11 is 0. The lowest BCUT2D eigenvalue weighted by Crippen LogP contribution is -2.30. The molecule has 0 fully saturated rings. The fraction of sp³-hybridized carbons (Fsp3) is 0.615. The van der Waals surface area contributed by atoms with Gasteiger partial charge in [-0.25, -0.2) is 4.98 Å². The average Bonchev–Trinajstić information content (AvgIpc) is 2.36. The predicted molar refractivity (Wildman–Crippen MR) is 78.1 cm³/mol. The summed E-state index contributed by atoms with van der Waals surface area (Å²) in [5.41, 5.74) is 2.62. The maximum Gasteiger partial charge on any atom is 0.128 e. The first-order chi connectivity index (χ1) is 7.72. The fourth-order valence-electron chi connectivity index (χ4n) is 2.02. The van der Waals surface area contributed by atoms with Gasteiger partial charge < -0.3 is 10.2 Å². The Kier molecular flexibility index (Phi) is 5.40. The van der Waals surface area contributed by atoms with Crippen molar-refractivity contribution in [3.05, 3.63) is 23.4 Å². The lowest BCUT2D eigenvalue weighted by Gasteiger charge is -2.26. The van der Waals surface area contributed by atoms with Crippen LogP contribution in [0.5, 0.6) is 0 Å². The van der Waals surface area contributed by atoms with Gasteiger partial charge in [-0.15, -0.1) is 17.0 Å². The highest BCUT2D eigenvalue weighted by molar-refractivity contribution is 8.93. The summed E-state index contributed by atoms with van der Waals surface area (Å²) in [6.07, 6.45) is 2.20. The molecule has 17 heavy (non-hydrogen) atoms. The van der Waals surface area contributed by atoms with E-state index in [0.717, 1.165) is 31.7 Å². The molecule has 4 heteroatoms. The van der Waals surface area contributed by atoms with Gasteiger partial charge in [-0.05, 0) is 25.0 Å². The molecule has 1 aliphatic heterocycles. The first-order valence-corrected chi connectivity index (χ1v) is 6.14. The predicted octanol–water partition coefficient (Wildman–Crippen LogP) is 2.54. The SMILES string of the molecule is Br.CC[C@@H](C)N(C)c1ccc2c(n1)CCNC2. The van der Waals surface area contributed by atoms with E-state index < -0.39 is 0 Å². The number of hydrogen-bond donors (Lipinski definition) is 1. The molecule has 0 saturated carbocycles. The summed E-state index contributed by atoms with van der Waals surface area (Å²) in [6.45, 7) is 6.47. The van der Waals surface area contributed by atoms with Crippen LogP contribution in [0.15, 0.2) is 12.1 Å². The molecule has 0 saturated heterocycles. The second kappa shape index (κ2) is 6.36. The molecule has 0 aromatic carbocycles. The summed E-state index contributed by atoms with van der Waals surface area (Å²) in [5.74, 6) is 1.11. The Morgan fingerprint density at radius 2 is 2.24 bits per heavy atom. The Labute approximate surface area is 114 Å². The number of aromatic nitrogens is 1.